The van der Waals surface area contributed by atoms with Gasteiger partial charge in [0.2, 0.25) is 5.91 Å². The number of aromatic amines is 1. The summed E-state index contributed by atoms with van der Waals surface area (Å²) in [4.78, 5) is 24.5. The Bertz CT molecular complexity index is 1000. The summed E-state index contributed by atoms with van der Waals surface area (Å²) in [7, 11) is 0. The summed E-state index contributed by atoms with van der Waals surface area (Å²) in [5.41, 5.74) is 0.887. The van der Waals surface area contributed by atoms with E-state index in [9.17, 15) is 9.59 Å². The zero-order valence-corrected chi connectivity index (χ0v) is 16.9. The molecule has 1 aliphatic rings. The monoisotopic (exact) mass is 412 g/mol. The minimum Gasteiger partial charge on any atom is -0.310 e. The smallest absolute Gasteiger partial charge is 0.310 e. The van der Waals surface area contributed by atoms with Crippen molar-refractivity contribution >= 4 is 23.5 Å². The molecular weight excluding hydrogens is 388 g/mol. The molecule has 2 heterocycles. The van der Waals surface area contributed by atoms with Crippen LogP contribution in [0.3, 0.4) is 0 Å². The van der Waals surface area contributed by atoms with E-state index < -0.39 is 0 Å². The summed E-state index contributed by atoms with van der Waals surface area (Å²) >= 11 is 1.25. The molecule has 0 atom stereocenters. The molecule has 0 saturated heterocycles. The average molecular weight is 413 g/mol. The summed E-state index contributed by atoms with van der Waals surface area (Å²) in [6.07, 6.45) is 7.04. The highest BCUT2D eigenvalue weighted by Crippen LogP contribution is 2.31. The first-order chi connectivity index (χ1) is 14.2. The van der Waals surface area contributed by atoms with E-state index in [-0.39, 0.29) is 17.3 Å². The van der Waals surface area contributed by atoms with Gasteiger partial charge in [-0.15, -0.1) is 5.10 Å². The molecule has 152 valence electrons. The molecular formula is C20H24N6O2S. The average Bonchev–Trinajstić information content (AvgIpc) is 3.47. The third kappa shape index (κ3) is 4.79. The molecule has 29 heavy (non-hydrogen) atoms. The number of hydrogen-bond donors (Lipinski definition) is 2. The number of nitrogens with one attached hydrogen (secondary N) is 2. The Morgan fingerprint density at radius 2 is 2.00 bits per heavy atom. The minimum atomic E-state index is -0.261. The van der Waals surface area contributed by atoms with E-state index in [0.29, 0.717) is 17.7 Å². The number of H-pyrrole nitrogens is 1. The zero-order chi connectivity index (χ0) is 20.1. The number of carbonyl (C=O) groups excluding carboxylic acids is 1. The Morgan fingerprint density at radius 3 is 2.79 bits per heavy atom. The first-order valence-electron chi connectivity index (χ1n) is 9.86. The molecule has 9 heteroatoms. The fourth-order valence-electron chi connectivity index (χ4n) is 3.66. The quantitative estimate of drug-likeness (QED) is 0.555. The molecule has 1 aromatic carbocycles. The summed E-state index contributed by atoms with van der Waals surface area (Å²) in [5, 5.41) is 14.4. The van der Waals surface area contributed by atoms with Crippen molar-refractivity contribution in [3.05, 3.63) is 58.6 Å². The van der Waals surface area contributed by atoms with Crippen molar-refractivity contribution in [2.75, 3.05) is 11.1 Å². The highest BCUT2D eigenvalue weighted by atomic mass is 32.2. The van der Waals surface area contributed by atoms with Gasteiger partial charge in [0.15, 0.2) is 5.16 Å². The van der Waals surface area contributed by atoms with Gasteiger partial charge in [0.25, 0.3) is 0 Å². The van der Waals surface area contributed by atoms with E-state index in [2.05, 4.69) is 20.6 Å². The standard InChI is InChI=1S/C20H24N6O2S/c27-18(22-17-10-12-21-26(17)16-8-4-5-9-16)14-29-20-24-23-19(28)25(20)13-11-15-6-2-1-3-7-15/h1-3,6-7,10,12,16H,4-5,8-9,11,13-14H2,(H,22,27)(H,23,28). The lowest BCUT2D eigenvalue weighted by atomic mass is 10.1. The predicted octanol–water partition coefficient (Wildman–Crippen LogP) is 2.86. The van der Waals surface area contributed by atoms with Crippen molar-refractivity contribution in [3.8, 4) is 0 Å². The van der Waals surface area contributed by atoms with Crippen molar-refractivity contribution in [1.82, 2.24) is 24.5 Å². The van der Waals surface area contributed by atoms with Crippen LogP contribution < -0.4 is 11.0 Å². The molecule has 0 bridgehead atoms. The Morgan fingerprint density at radius 1 is 1.21 bits per heavy atom. The molecule has 8 nitrogen and oxygen atoms in total. The molecule has 1 saturated carbocycles. The van der Waals surface area contributed by atoms with Gasteiger partial charge in [-0.2, -0.15) is 5.10 Å². The Kier molecular flexibility index (Phi) is 6.14. The van der Waals surface area contributed by atoms with Crippen LogP contribution in [0, 0.1) is 0 Å². The molecule has 4 rings (SSSR count). The number of aromatic nitrogens is 5. The van der Waals surface area contributed by atoms with Crippen molar-refractivity contribution < 1.29 is 4.79 Å². The number of anilines is 1. The van der Waals surface area contributed by atoms with Gasteiger partial charge >= 0.3 is 5.69 Å². The summed E-state index contributed by atoms with van der Waals surface area (Å²) in [6.45, 7) is 0.512. The van der Waals surface area contributed by atoms with Crippen LogP contribution in [0.25, 0.3) is 0 Å². The van der Waals surface area contributed by atoms with Gasteiger partial charge in [0, 0.05) is 12.6 Å². The number of benzene rings is 1. The first kappa shape index (κ1) is 19.5. The van der Waals surface area contributed by atoms with E-state index >= 15 is 0 Å². The third-order valence-corrected chi connectivity index (χ3v) is 6.11. The lowest BCUT2D eigenvalue weighted by molar-refractivity contribution is -0.113. The second-order valence-corrected chi connectivity index (χ2v) is 8.08. The maximum atomic E-state index is 12.4. The van der Waals surface area contributed by atoms with Gasteiger partial charge in [-0.1, -0.05) is 54.9 Å². The van der Waals surface area contributed by atoms with Crippen LogP contribution in [0.5, 0.6) is 0 Å². The second kappa shape index (κ2) is 9.13. The van der Waals surface area contributed by atoms with E-state index in [1.54, 1.807) is 10.8 Å². The molecule has 0 unspecified atom stereocenters. The number of nitrogens with zero attached hydrogens (tertiary/aromatic N) is 4. The SMILES string of the molecule is O=C(CSc1n[nH]c(=O)n1CCc1ccccc1)Nc1ccnn1C1CCCC1. The van der Waals surface area contributed by atoms with Gasteiger partial charge in [-0.3, -0.25) is 9.36 Å². The molecule has 0 spiro atoms. The molecule has 0 aliphatic heterocycles. The molecule has 1 aliphatic carbocycles. The second-order valence-electron chi connectivity index (χ2n) is 7.13. The fraction of sp³-hybridized carbons (Fsp3) is 0.400. The fourth-order valence-corrected chi connectivity index (χ4v) is 4.43. The summed E-state index contributed by atoms with van der Waals surface area (Å²) < 4.78 is 3.49. The van der Waals surface area contributed by atoms with Crippen LogP contribution >= 0.6 is 11.8 Å². The van der Waals surface area contributed by atoms with Gasteiger partial charge in [0.05, 0.1) is 18.0 Å². The van der Waals surface area contributed by atoms with Gasteiger partial charge in [-0.05, 0) is 24.8 Å². The number of hydrogen-bond acceptors (Lipinski definition) is 5. The molecule has 3 aromatic rings. The van der Waals surface area contributed by atoms with Gasteiger partial charge in [0.1, 0.15) is 5.82 Å². The number of aryl methyl sites for hydroxylation is 1. The van der Waals surface area contributed by atoms with E-state index in [4.69, 9.17) is 0 Å². The molecule has 2 aromatic heterocycles. The maximum absolute atomic E-state index is 12.4. The van der Waals surface area contributed by atoms with Crippen LogP contribution in [-0.4, -0.2) is 36.2 Å². The maximum Gasteiger partial charge on any atom is 0.343 e. The lowest BCUT2D eigenvalue weighted by Gasteiger charge is -2.14. The Balaban J connectivity index is 1.34. The normalized spacial score (nSPS) is 14.3. The highest BCUT2D eigenvalue weighted by Gasteiger charge is 2.20. The predicted molar refractivity (Wildman–Crippen MR) is 112 cm³/mol. The van der Waals surface area contributed by atoms with Gasteiger partial charge < -0.3 is 5.32 Å². The summed E-state index contributed by atoms with van der Waals surface area (Å²) in [5.74, 6) is 0.761. The molecule has 2 N–H and O–H groups in total. The van der Waals surface area contributed by atoms with Crippen LogP contribution in [-0.2, 0) is 17.8 Å². The van der Waals surface area contributed by atoms with E-state index in [0.717, 1.165) is 30.6 Å². The molecule has 1 amide bonds. The number of carbonyl (C=O) groups is 1. The third-order valence-electron chi connectivity index (χ3n) is 5.13. The highest BCUT2D eigenvalue weighted by molar-refractivity contribution is 7.99. The Labute approximate surface area is 172 Å². The van der Waals surface area contributed by atoms with Crippen LogP contribution in [0.2, 0.25) is 0 Å². The van der Waals surface area contributed by atoms with Gasteiger partial charge in [-0.25, -0.2) is 14.6 Å². The van der Waals surface area contributed by atoms with Crippen LogP contribution in [0.4, 0.5) is 5.82 Å². The van der Waals surface area contributed by atoms with Crippen molar-refractivity contribution in [3.63, 3.8) is 0 Å². The zero-order valence-electron chi connectivity index (χ0n) is 16.1. The Hall–Kier alpha value is -2.81. The number of amides is 1. The van der Waals surface area contributed by atoms with E-state index in [1.165, 1.54) is 24.6 Å². The minimum absolute atomic E-state index is 0.139. The number of thioether (sulfide) groups is 1. The first-order valence-corrected chi connectivity index (χ1v) is 10.8. The molecule has 0 radical (unpaired) electrons. The van der Waals surface area contributed by atoms with E-state index in [1.807, 2.05) is 41.1 Å². The number of rotatable bonds is 8. The van der Waals surface area contributed by atoms with Crippen LogP contribution in [0.1, 0.15) is 37.3 Å². The molecule has 1 fully saturated rings. The van der Waals surface area contributed by atoms with Crippen molar-refractivity contribution in [1.29, 1.82) is 0 Å². The lowest BCUT2D eigenvalue weighted by Crippen LogP contribution is -2.21. The van der Waals surface area contributed by atoms with Crippen LogP contribution in [0.15, 0.2) is 52.5 Å². The van der Waals surface area contributed by atoms with Crippen molar-refractivity contribution in [2.45, 2.75) is 49.8 Å². The van der Waals surface area contributed by atoms with Crippen molar-refractivity contribution in [2.24, 2.45) is 0 Å². The topological polar surface area (TPSA) is 97.6 Å². The summed E-state index contributed by atoms with van der Waals surface area (Å²) in [6, 6.07) is 12.2. The largest absolute Gasteiger partial charge is 0.343 e.